The Kier molecular flexibility index (Phi) is 5.40. The van der Waals surface area contributed by atoms with E-state index in [0.717, 1.165) is 13.0 Å². The molecule has 0 saturated heterocycles. The number of amides is 1. The summed E-state index contributed by atoms with van der Waals surface area (Å²) in [6, 6.07) is 2.50. The predicted octanol–water partition coefficient (Wildman–Crippen LogP) is 2.87. The van der Waals surface area contributed by atoms with Crippen molar-refractivity contribution in [1.82, 2.24) is 10.2 Å². The molecule has 0 aromatic carbocycles. The van der Waals surface area contributed by atoms with Gasteiger partial charge < -0.3 is 5.32 Å². The fraction of sp³-hybridized carbons (Fsp3) is 0.667. The third-order valence-electron chi connectivity index (χ3n) is 3.90. The summed E-state index contributed by atoms with van der Waals surface area (Å²) in [6.07, 6.45) is 4.95. The van der Waals surface area contributed by atoms with Gasteiger partial charge >= 0.3 is 0 Å². The highest BCUT2D eigenvalue weighted by Gasteiger charge is 2.22. The van der Waals surface area contributed by atoms with E-state index in [0.29, 0.717) is 18.5 Å². The van der Waals surface area contributed by atoms with Gasteiger partial charge in [-0.1, -0.05) is 19.8 Å². The number of nitrogens with zero attached hydrogens (tertiary/aromatic N) is 1. The quantitative estimate of drug-likeness (QED) is 0.899. The van der Waals surface area contributed by atoms with Crippen LogP contribution in [0.25, 0.3) is 0 Å². The Morgan fingerprint density at radius 1 is 1.47 bits per heavy atom. The van der Waals surface area contributed by atoms with Crippen LogP contribution in [0.4, 0.5) is 0 Å². The number of carbonyl (C=O) groups excluding carboxylic acids is 1. The lowest BCUT2D eigenvalue weighted by molar-refractivity contribution is -0.123. The maximum atomic E-state index is 12.0. The monoisotopic (exact) mass is 280 g/mol. The van der Waals surface area contributed by atoms with Crippen molar-refractivity contribution < 1.29 is 4.79 Å². The second kappa shape index (κ2) is 7.06. The van der Waals surface area contributed by atoms with Crippen molar-refractivity contribution in [2.45, 2.75) is 45.2 Å². The van der Waals surface area contributed by atoms with Crippen molar-refractivity contribution in [3.05, 3.63) is 22.4 Å². The van der Waals surface area contributed by atoms with Crippen LogP contribution in [0.3, 0.4) is 0 Å². The van der Waals surface area contributed by atoms with E-state index in [1.165, 1.54) is 24.8 Å². The van der Waals surface area contributed by atoms with E-state index in [4.69, 9.17) is 0 Å². The maximum absolute atomic E-state index is 12.0. The third-order valence-corrected chi connectivity index (χ3v) is 4.64. The summed E-state index contributed by atoms with van der Waals surface area (Å²) in [6.45, 7) is 3.58. The van der Waals surface area contributed by atoms with Gasteiger partial charge in [-0.2, -0.15) is 11.3 Å². The lowest BCUT2D eigenvalue weighted by Gasteiger charge is -2.30. The van der Waals surface area contributed by atoms with E-state index < -0.39 is 0 Å². The zero-order valence-electron chi connectivity index (χ0n) is 11.9. The van der Waals surface area contributed by atoms with Gasteiger partial charge in [-0.3, -0.25) is 9.69 Å². The Hall–Kier alpha value is -0.870. The third kappa shape index (κ3) is 4.62. The molecule has 1 N–H and O–H groups in total. The van der Waals surface area contributed by atoms with E-state index in [9.17, 15) is 4.79 Å². The molecule has 0 radical (unpaired) electrons. The van der Waals surface area contributed by atoms with Gasteiger partial charge in [-0.05, 0) is 48.2 Å². The number of carbonyl (C=O) groups is 1. The molecular weight excluding hydrogens is 256 g/mol. The summed E-state index contributed by atoms with van der Waals surface area (Å²) < 4.78 is 0. The molecule has 1 fully saturated rings. The summed E-state index contributed by atoms with van der Waals surface area (Å²) in [4.78, 5) is 14.1. The smallest absolute Gasteiger partial charge is 0.234 e. The first kappa shape index (κ1) is 14.5. The standard InChI is InChI=1S/C15H24N2OS/c1-12-5-3-4-6-14(12)16-15(18)10-17(2)9-13-7-8-19-11-13/h7-8,11-12,14H,3-6,9-10H2,1-2H3,(H,16,18)/t12-,14+/m0/s1. The molecule has 1 heterocycles. The Morgan fingerprint density at radius 2 is 2.26 bits per heavy atom. The average molecular weight is 280 g/mol. The molecule has 1 aromatic rings. The van der Waals surface area contributed by atoms with E-state index in [1.807, 2.05) is 7.05 Å². The molecule has 106 valence electrons. The lowest BCUT2D eigenvalue weighted by atomic mass is 9.86. The number of likely N-dealkylation sites (N-methyl/N-ethyl adjacent to an activating group) is 1. The Morgan fingerprint density at radius 3 is 2.95 bits per heavy atom. The molecule has 0 bridgehead atoms. The summed E-state index contributed by atoms with van der Waals surface area (Å²) in [5.74, 6) is 0.788. The fourth-order valence-electron chi connectivity index (χ4n) is 2.78. The summed E-state index contributed by atoms with van der Waals surface area (Å²) in [7, 11) is 2.00. The van der Waals surface area contributed by atoms with Gasteiger partial charge in [0.2, 0.25) is 5.91 Å². The summed E-state index contributed by atoms with van der Waals surface area (Å²) in [5.41, 5.74) is 1.28. The van der Waals surface area contributed by atoms with Gasteiger partial charge in [0.15, 0.2) is 0 Å². The second-order valence-electron chi connectivity index (χ2n) is 5.74. The summed E-state index contributed by atoms with van der Waals surface area (Å²) >= 11 is 1.70. The highest BCUT2D eigenvalue weighted by atomic mass is 32.1. The first-order valence-electron chi connectivity index (χ1n) is 7.14. The van der Waals surface area contributed by atoms with Crippen LogP contribution < -0.4 is 5.32 Å². The first-order valence-corrected chi connectivity index (χ1v) is 8.08. The number of nitrogens with one attached hydrogen (secondary N) is 1. The van der Waals surface area contributed by atoms with Crippen LogP contribution in [0.2, 0.25) is 0 Å². The van der Waals surface area contributed by atoms with Crippen LogP contribution in [-0.4, -0.2) is 30.4 Å². The zero-order valence-corrected chi connectivity index (χ0v) is 12.7. The van der Waals surface area contributed by atoms with Crippen LogP contribution in [0.5, 0.6) is 0 Å². The average Bonchev–Trinajstić information content (AvgIpc) is 2.84. The molecule has 1 amide bonds. The normalized spacial score (nSPS) is 23.5. The fourth-order valence-corrected chi connectivity index (χ4v) is 3.44. The molecule has 1 saturated carbocycles. The Bertz CT molecular complexity index is 391. The van der Waals surface area contributed by atoms with Crippen LogP contribution >= 0.6 is 11.3 Å². The minimum absolute atomic E-state index is 0.163. The van der Waals surface area contributed by atoms with Crippen molar-refractivity contribution in [1.29, 1.82) is 0 Å². The molecule has 3 nitrogen and oxygen atoms in total. The zero-order chi connectivity index (χ0) is 13.7. The topological polar surface area (TPSA) is 32.3 Å². The van der Waals surface area contributed by atoms with E-state index in [-0.39, 0.29) is 5.91 Å². The van der Waals surface area contributed by atoms with Crippen LogP contribution in [0.15, 0.2) is 16.8 Å². The number of hydrogen-bond donors (Lipinski definition) is 1. The van der Waals surface area contributed by atoms with Crippen molar-refractivity contribution in [3.8, 4) is 0 Å². The number of thiophene rings is 1. The molecular formula is C15H24N2OS. The van der Waals surface area contributed by atoms with Crippen LogP contribution in [0.1, 0.15) is 38.2 Å². The molecule has 2 rings (SSSR count). The molecule has 2 atom stereocenters. The SMILES string of the molecule is C[C@H]1CCCC[C@H]1NC(=O)CN(C)Cc1ccsc1. The van der Waals surface area contributed by atoms with Crippen LogP contribution in [-0.2, 0) is 11.3 Å². The molecule has 0 spiro atoms. The molecule has 1 aliphatic rings. The Labute approximate surface area is 120 Å². The maximum Gasteiger partial charge on any atom is 0.234 e. The molecule has 1 aromatic heterocycles. The van der Waals surface area contributed by atoms with E-state index in [1.54, 1.807) is 11.3 Å². The van der Waals surface area contributed by atoms with Gasteiger partial charge in [0.1, 0.15) is 0 Å². The predicted molar refractivity (Wildman–Crippen MR) is 80.2 cm³/mol. The number of rotatable bonds is 5. The van der Waals surface area contributed by atoms with E-state index >= 15 is 0 Å². The van der Waals surface area contributed by atoms with Crippen molar-refractivity contribution in [2.24, 2.45) is 5.92 Å². The van der Waals surface area contributed by atoms with Gasteiger partial charge in [-0.25, -0.2) is 0 Å². The molecule has 4 heteroatoms. The highest BCUT2D eigenvalue weighted by Crippen LogP contribution is 2.23. The van der Waals surface area contributed by atoms with Crippen LogP contribution in [0, 0.1) is 5.92 Å². The van der Waals surface area contributed by atoms with E-state index in [2.05, 4.69) is 34.0 Å². The molecule has 0 aliphatic heterocycles. The molecule has 19 heavy (non-hydrogen) atoms. The van der Waals surface area contributed by atoms with Gasteiger partial charge in [0.05, 0.1) is 6.54 Å². The second-order valence-corrected chi connectivity index (χ2v) is 6.52. The van der Waals surface area contributed by atoms with Crippen molar-refractivity contribution in [3.63, 3.8) is 0 Å². The largest absolute Gasteiger partial charge is 0.352 e. The van der Waals surface area contributed by atoms with Gasteiger partial charge in [0, 0.05) is 12.6 Å². The number of hydrogen-bond acceptors (Lipinski definition) is 3. The summed E-state index contributed by atoms with van der Waals surface area (Å²) in [5, 5.41) is 7.41. The van der Waals surface area contributed by atoms with Gasteiger partial charge in [0.25, 0.3) is 0 Å². The Balaban J connectivity index is 1.74. The molecule has 1 aliphatic carbocycles. The molecule has 0 unspecified atom stereocenters. The minimum Gasteiger partial charge on any atom is -0.352 e. The van der Waals surface area contributed by atoms with Crippen molar-refractivity contribution in [2.75, 3.05) is 13.6 Å². The van der Waals surface area contributed by atoms with Gasteiger partial charge in [-0.15, -0.1) is 0 Å². The van der Waals surface area contributed by atoms with Crippen molar-refractivity contribution >= 4 is 17.2 Å². The highest BCUT2D eigenvalue weighted by molar-refractivity contribution is 7.07. The minimum atomic E-state index is 0.163. The lowest BCUT2D eigenvalue weighted by Crippen LogP contribution is -2.44. The first-order chi connectivity index (χ1) is 9.15.